The van der Waals surface area contributed by atoms with Crippen LogP contribution in [0, 0.1) is 17.8 Å². The summed E-state index contributed by atoms with van der Waals surface area (Å²) in [4.78, 5) is 53.9. The zero-order valence-corrected chi connectivity index (χ0v) is 27.3. The van der Waals surface area contributed by atoms with Crippen molar-refractivity contribution in [2.45, 2.75) is 28.5 Å². The van der Waals surface area contributed by atoms with E-state index in [4.69, 9.17) is 34.8 Å². The lowest BCUT2D eigenvalue weighted by atomic mass is 9.56. The number of carbonyl (C=O) groups is 4. The van der Waals surface area contributed by atoms with Gasteiger partial charge in [0.05, 0.1) is 23.0 Å². The molecular weight excluding hydrogens is 705 g/mol. The summed E-state index contributed by atoms with van der Waals surface area (Å²) in [5, 5.41) is 14.6. The minimum atomic E-state index is -2.02. The molecule has 3 aromatic rings. The number of hydrogen-bond acceptors (Lipinski definition) is 6. The molecule has 2 saturated heterocycles. The summed E-state index contributed by atoms with van der Waals surface area (Å²) in [7, 11) is 0. The number of hydrogen-bond donors (Lipinski definition) is 2. The number of aromatic hydroxyl groups is 1. The van der Waals surface area contributed by atoms with Crippen molar-refractivity contribution in [3.8, 4) is 5.75 Å². The van der Waals surface area contributed by atoms with Crippen molar-refractivity contribution in [3.05, 3.63) is 95.0 Å². The number of alkyl halides is 3. The lowest BCUT2D eigenvalue weighted by Crippen LogP contribution is -2.60. The second-order valence-electron chi connectivity index (χ2n) is 11.7. The molecule has 3 fully saturated rings. The van der Waals surface area contributed by atoms with Crippen LogP contribution in [0.2, 0.25) is 5.02 Å². The van der Waals surface area contributed by atoms with E-state index in [0.29, 0.717) is 11.3 Å². The van der Waals surface area contributed by atoms with E-state index in [9.17, 15) is 24.3 Å². The highest BCUT2D eigenvalue weighted by Crippen LogP contribution is 2.66. The summed E-state index contributed by atoms with van der Waals surface area (Å²) in [5.41, 5.74) is 2.74. The first-order chi connectivity index (χ1) is 21.5. The van der Waals surface area contributed by atoms with E-state index in [-0.39, 0.29) is 40.5 Å². The standard InChI is InChI=1S/C33H25BrCl3N3O5/c34-16-39-30(44)32(36)15-24-21(27(33(32,37)31(39)45)23-14-17(35)6-13-25(23)41)11-12-22-26(24)29(43)40(28(22)42)20-9-7-19(8-10-20)38-18-4-2-1-3-5-18/h1-11,13-14,22,24,26-27,38,41H,12,15-16H2. The molecule has 0 bridgehead atoms. The van der Waals surface area contributed by atoms with Gasteiger partial charge in [-0.1, -0.05) is 57.4 Å². The van der Waals surface area contributed by atoms with Crippen LogP contribution < -0.4 is 10.2 Å². The third kappa shape index (κ3) is 4.31. The third-order valence-electron chi connectivity index (χ3n) is 9.50. The molecule has 2 aliphatic carbocycles. The van der Waals surface area contributed by atoms with Crippen LogP contribution in [0.15, 0.2) is 84.4 Å². The minimum absolute atomic E-state index is 0.141. The lowest BCUT2D eigenvalue weighted by Gasteiger charge is -2.50. The van der Waals surface area contributed by atoms with Crippen LogP contribution in [0.5, 0.6) is 5.75 Å². The van der Waals surface area contributed by atoms with Gasteiger partial charge >= 0.3 is 0 Å². The highest BCUT2D eigenvalue weighted by Gasteiger charge is 2.76. The fraction of sp³-hybridized carbons (Fsp3) is 0.273. The number of nitrogens with one attached hydrogen (secondary N) is 1. The first kappa shape index (κ1) is 30.3. The fourth-order valence-corrected chi connectivity index (χ4v) is 9.09. The Bertz CT molecular complexity index is 1800. The van der Waals surface area contributed by atoms with E-state index < -0.39 is 51.1 Å². The summed E-state index contributed by atoms with van der Waals surface area (Å²) < 4.78 is 0. The topological polar surface area (TPSA) is 107 Å². The number of rotatable bonds is 5. The average Bonchev–Trinajstić information content (AvgIpc) is 3.37. The summed E-state index contributed by atoms with van der Waals surface area (Å²) in [6.45, 7) is 0. The van der Waals surface area contributed by atoms with E-state index >= 15 is 0 Å². The molecule has 3 aromatic carbocycles. The van der Waals surface area contributed by atoms with Crippen molar-refractivity contribution in [1.29, 1.82) is 0 Å². The molecule has 7 rings (SSSR count). The number of carbonyl (C=O) groups excluding carboxylic acids is 4. The molecular formula is C33H25BrCl3N3O5. The van der Waals surface area contributed by atoms with Gasteiger partial charge in [0.15, 0.2) is 9.75 Å². The van der Waals surface area contributed by atoms with E-state index in [0.717, 1.165) is 16.3 Å². The van der Waals surface area contributed by atoms with Crippen LogP contribution in [-0.4, -0.2) is 48.8 Å². The second kappa shape index (κ2) is 10.9. The fourth-order valence-electron chi connectivity index (χ4n) is 7.49. The number of amides is 4. The van der Waals surface area contributed by atoms with Gasteiger partial charge in [0.1, 0.15) is 5.75 Å². The van der Waals surface area contributed by atoms with Crippen LogP contribution in [0.3, 0.4) is 0 Å². The van der Waals surface area contributed by atoms with Gasteiger partial charge in [-0.3, -0.25) is 29.0 Å². The molecule has 4 amide bonds. The molecule has 2 aliphatic heterocycles. The number of phenolic OH excluding ortho intramolecular Hbond substituents is 1. The van der Waals surface area contributed by atoms with E-state index in [1.807, 2.05) is 36.4 Å². The van der Waals surface area contributed by atoms with Gasteiger partial charge in [0.2, 0.25) is 11.8 Å². The quantitative estimate of drug-likeness (QED) is 0.131. The molecule has 12 heteroatoms. The Morgan fingerprint density at radius 3 is 2.27 bits per heavy atom. The van der Waals surface area contributed by atoms with Crippen molar-refractivity contribution in [2.24, 2.45) is 17.8 Å². The average molecular weight is 730 g/mol. The number of allylic oxidation sites excluding steroid dienone is 2. The Balaban J connectivity index is 1.29. The van der Waals surface area contributed by atoms with Gasteiger partial charge in [-0.2, -0.15) is 0 Å². The number of nitrogens with zero attached hydrogens (tertiary/aromatic N) is 2. The van der Waals surface area contributed by atoms with E-state index in [1.165, 1.54) is 23.1 Å². The van der Waals surface area contributed by atoms with Crippen molar-refractivity contribution in [3.63, 3.8) is 0 Å². The third-order valence-corrected chi connectivity index (χ3v) is 11.7. The van der Waals surface area contributed by atoms with Gasteiger partial charge < -0.3 is 10.4 Å². The predicted octanol–water partition coefficient (Wildman–Crippen LogP) is 6.71. The Morgan fingerprint density at radius 2 is 1.58 bits per heavy atom. The van der Waals surface area contributed by atoms with Crippen molar-refractivity contribution in [1.82, 2.24) is 4.90 Å². The molecule has 4 aliphatic rings. The van der Waals surface area contributed by atoms with Crippen molar-refractivity contribution in [2.75, 3.05) is 15.7 Å². The summed E-state index contributed by atoms with van der Waals surface area (Å²) in [6, 6.07) is 21.0. The maximum Gasteiger partial charge on any atom is 0.254 e. The first-order valence-corrected chi connectivity index (χ1v) is 16.5. The zero-order valence-electron chi connectivity index (χ0n) is 23.4. The monoisotopic (exact) mass is 727 g/mol. The number of likely N-dealkylation sites (tertiary alicyclic amines) is 1. The van der Waals surface area contributed by atoms with Gasteiger partial charge in [-0.05, 0) is 73.4 Å². The molecule has 8 nitrogen and oxygen atoms in total. The summed E-state index contributed by atoms with van der Waals surface area (Å²) in [6.07, 6.45) is 1.87. The number of halogens is 4. The van der Waals surface area contributed by atoms with Gasteiger partial charge in [0.25, 0.3) is 11.8 Å². The predicted molar refractivity (Wildman–Crippen MR) is 175 cm³/mol. The van der Waals surface area contributed by atoms with Crippen LogP contribution in [0.1, 0.15) is 24.3 Å². The van der Waals surface area contributed by atoms with E-state index in [2.05, 4.69) is 21.2 Å². The Hall–Kier alpha value is -3.37. The van der Waals surface area contributed by atoms with Gasteiger partial charge in [-0.25, -0.2) is 0 Å². The largest absolute Gasteiger partial charge is 0.508 e. The molecule has 6 unspecified atom stereocenters. The highest BCUT2D eigenvalue weighted by molar-refractivity contribution is 9.09. The van der Waals surface area contributed by atoms with Crippen LogP contribution in [-0.2, 0) is 19.2 Å². The molecule has 45 heavy (non-hydrogen) atoms. The maximum atomic E-state index is 14.2. The Labute approximate surface area is 282 Å². The maximum absolute atomic E-state index is 14.2. The van der Waals surface area contributed by atoms with Crippen LogP contribution in [0.4, 0.5) is 17.1 Å². The highest BCUT2D eigenvalue weighted by atomic mass is 79.9. The second-order valence-corrected chi connectivity index (χ2v) is 13.9. The van der Waals surface area contributed by atoms with Gasteiger partial charge in [0, 0.05) is 27.9 Å². The normalized spacial score (nSPS) is 30.6. The SMILES string of the molecule is O=C1C2CC=C3C(CC4(Cl)C(=O)N(CBr)C(=O)C4(Cl)C3c3cc(Cl)ccc3O)C2C(=O)N1c1ccc(Nc2ccccc2)cc1. The van der Waals surface area contributed by atoms with Gasteiger partial charge in [-0.15, -0.1) is 23.2 Å². The molecule has 0 aromatic heterocycles. The molecule has 6 atom stereocenters. The molecule has 0 spiro atoms. The smallest absolute Gasteiger partial charge is 0.254 e. The molecule has 1 saturated carbocycles. The first-order valence-electron chi connectivity index (χ1n) is 14.3. The molecule has 230 valence electrons. The summed E-state index contributed by atoms with van der Waals surface area (Å²) in [5.74, 6) is -5.77. The minimum Gasteiger partial charge on any atom is -0.508 e. The van der Waals surface area contributed by atoms with E-state index in [1.54, 1.807) is 24.3 Å². The number of benzene rings is 3. The molecule has 2 N–H and O–H groups in total. The molecule has 0 radical (unpaired) electrons. The van der Waals surface area contributed by atoms with Crippen molar-refractivity contribution >= 4 is 91.4 Å². The number of anilines is 3. The number of para-hydroxylation sites is 1. The number of imide groups is 2. The van der Waals surface area contributed by atoms with Crippen LogP contribution in [0.25, 0.3) is 0 Å². The van der Waals surface area contributed by atoms with Crippen LogP contribution >= 0.6 is 50.7 Å². The Morgan fingerprint density at radius 1 is 0.889 bits per heavy atom. The number of fused-ring (bicyclic) bond motifs is 4. The molecule has 2 heterocycles. The lowest BCUT2D eigenvalue weighted by molar-refractivity contribution is -0.138. The number of phenols is 1. The Kier molecular flexibility index (Phi) is 7.32. The zero-order chi connectivity index (χ0) is 31.8. The summed E-state index contributed by atoms with van der Waals surface area (Å²) >= 11 is 24.0. The van der Waals surface area contributed by atoms with Crippen molar-refractivity contribution < 1.29 is 24.3 Å².